The van der Waals surface area contributed by atoms with Crippen LogP contribution < -0.4 is 10.1 Å². The molecule has 1 aliphatic rings. The highest BCUT2D eigenvalue weighted by Crippen LogP contribution is 2.41. The number of rotatable bonds is 7. The van der Waals surface area contributed by atoms with Crippen LogP contribution in [0.15, 0.2) is 30.6 Å². The second-order valence-electron chi connectivity index (χ2n) is 6.60. The molecular weight excluding hydrogens is 346 g/mol. The number of hydrogen-bond donors (Lipinski definition) is 2. The van der Waals surface area contributed by atoms with Crippen LogP contribution in [0.5, 0.6) is 5.75 Å². The van der Waals surface area contributed by atoms with Crippen LogP contribution in [0.2, 0.25) is 0 Å². The molecule has 0 saturated carbocycles. The van der Waals surface area contributed by atoms with E-state index in [0.717, 1.165) is 18.4 Å². The number of unbranched alkanes of at least 4 members (excludes halogenated alkanes) is 1. The fourth-order valence-electron chi connectivity index (χ4n) is 3.59. The molecule has 1 aromatic carbocycles. The van der Waals surface area contributed by atoms with Crippen molar-refractivity contribution in [3.05, 3.63) is 36.2 Å². The quantitative estimate of drug-likeness (QED) is 0.779. The topological polar surface area (TPSA) is 100 Å². The third kappa shape index (κ3) is 4.10. The Hall–Kier alpha value is -2.90. The van der Waals surface area contributed by atoms with E-state index in [-0.39, 0.29) is 17.9 Å². The average molecular weight is 371 g/mol. The van der Waals surface area contributed by atoms with Gasteiger partial charge in [-0.15, -0.1) is 0 Å². The molecule has 2 atom stereocenters. The number of benzene rings is 1. The van der Waals surface area contributed by atoms with E-state index in [4.69, 9.17) is 4.74 Å². The van der Waals surface area contributed by atoms with E-state index in [1.165, 1.54) is 6.33 Å². The van der Waals surface area contributed by atoms with Gasteiger partial charge in [-0.25, -0.2) is 5.10 Å². The summed E-state index contributed by atoms with van der Waals surface area (Å²) in [6.07, 6.45) is 4.02. The van der Waals surface area contributed by atoms with Crippen molar-refractivity contribution in [2.75, 3.05) is 19.0 Å². The molecule has 2 aromatic rings. The number of amides is 2. The zero-order valence-electron chi connectivity index (χ0n) is 15.6. The molecule has 2 heterocycles. The number of ether oxygens (including phenoxy) is 1. The van der Waals surface area contributed by atoms with E-state index in [1.54, 1.807) is 7.11 Å². The van der Waals surface area contributed by atoms with Crippen LogP contribution in [-0.2, 0) is 9.59 Å². The number of aromatic amines is 1. The van der Waals surface area contributed by atoms with Gasteiger partial charge in [0.25, 0.3) is 0 Å². The third-order valence-electron chi connectivity index (χ3n) is 4.91. The van der Waals surface area contributed by atoms with Gasteiger partial charge in [-0.3, -0.25) is 14.9 Å². The van der Waals surface area contributed by atoms with Gasteiger partial charge < -0.3 is 9.64 Å². The van der Waals surface area contributed by atoms with Gasteiger partial charge in [0, 0.05) is 18.5 Å². The average Bonchev–Trinajstić information content (AvgIpc) is 3.19. The standard InChI is InChI=1S/C19H25N5O3/c1-3-4-11-24-16(25)10-9-14(18(26)22-19-20-12-21-23-19)17(24)13-7-5-6-8-15(13)27-2/h5-8,12,14,17H,3-4,9-11H2,1-2H3,(H2,20,21,22,23,26)/t14-,17-/m0/s1. The fourth-order valence-corrected chi connectivity index (χ4v) is 3.59. The van der Waals surface area contributed by atoms with Gasteiger partial charge in [0.1, 0.15) is 12.1 Å². The summed E-state index contributed by atoms with van der Waals surface area (Å²) in [6, 6.07) is 7.19. The molecule has 3 rings (SSSR count). The summed E-state index contributed by atoms with van der Waals surface area (Å²) >= 11 is 0. The summed E-state index contributed by atoms with van der Waals surface area (Å²) in [5, 5.41) is 9.17. The van der Waals surface area contributed by atoms with Gasteiger partial charge in [0.2, 0.25) is 17.8 Å². The lowest BCUT2D eigenvalue weighted by Crippen LogP contribution is -2.47. The van der Waals surface area contributed by atoms with Crippen LogP contribution in [-0.4, -0.2) is 45.6 Å². The summed E-state index contributed by atoms with van der Waals surface area (Å²) in [7, 11) is 1.60. The zero-order valence-corrected chi connectivity index (χ0v) is 15.6. The largest absolute Gasteiger partial charge is 0.496 e. The van der Waals surface area contributed by atoms with Gasteiger partial charge in [-0.2, -0.15) is 10.1 Å². The normalized spacial score (nSPS) is 19.8. The number of nitrogens with zero attached hydrogens (tertiary/aromatic N) is 3. The number of likely N-dealkylation sites (tertiary alicyclic amines) is 1. The minimum absolute atomic E-state index is 0.0723. The number of H-pyrrole nitrogens is 1. The maximum atomic E-state index is 13.0. The molecule has 144 valence electrons. The van der Waals surface area contributed by atoms with E-state index >= 15 is 0 Å². The first-order valence-electron chi connectivity index (χ1n) is 9.24. The first kappa shape index (κ1) is 18.9. The molecule has 0 unspecified atom stereocenters. The van der Waals surface area contributed by atoms with E-state index < -0.39 is 5.92 Å². The number of para-hydroxylation sites is 1. The lowest BCUT2D eigenvalue weighted by atomic mass is 9.83. The first-order chi connectivity index (χ1) is 13.2. The molecule has 2 amide bonds. The molecule has 0 spiro atoms. The van der Waals surface area contributed by atoms with Crippen LogP contribution in [0.1, 0.15) is 44.2 Å². The Balaban J connectivity index is 1.96. The van der Waals surface area contributed by atoms with Gasteiger partial charge in [0.05, 0.1) is 19.1 Å². The summed E-state index contributed by atoms with van der Waals surface area (Å²) in [5.41, 5.74) is 0.849. The number of aromatic nitrogens is 3. The number of methoxy groups -OCH3 is 1. The molecule has 1 aliphatic heterocycles. The monoisotopic (exact) mass is 371 g/mol. The Morgan fingerprint density at radius 2 is 2.22 bits per heavy atom. The highest BCUT2D eigenvalue weighted by molar-refractivity contribution is 5.93. The van der Waals surface area contributed by atoms with Crippen LogP contribution >= 0.6 is 0 Å². The number of piperidine rings is 1. The Kier molecular flexibility index (Phi) is 6.05. The van der Waals surface area contributed by atoms with Crippen LogP contribution in [0.25, 0.3) is 0 Å². The maximum absolute atomic E-state index is 13.0. The Labute approximate surface area is 158 Å². The molecular formula is C19H25N5O3. The molecule has 8 nitrogen and oxygen atoms in total. The molecule has 27 heavy (non-hydrogen) atoms. The molecule has 1 saturated heterocycles. The van der Waals surface area contributed by atoms with E-state index in [1.807, 2.05) is 29.2 Å². The van der Waals surface area contributed by atoms with Crippen molar-refractivity contribution < 1.29 is 14.3 Å². The minimum Gasteiger partial charge on any atom is -0.496 e. The summed E-state index contributed by atoms with van der Waals surface area (Å²) < 4.78 is 5.52. The van der Waals surface area contributed by atoms with E-state index in [0.29, 0.717) is 31.1 Å². The zero-order chi connectivity index (χ0) is 19.2. The molecule has 0 aliphatic carbocycles. The SMILES string of the molecule is CCCCN1C(=O)CC[C@H](C(=O)Nc2ncn[nH]2)[C@@H]1c1ccccc1OC. The first-order valence-corrected chi connectivity index (χ1v) is 9.24. The van der Waals surface area contributed by atoms with Crippen molar-refractivity contribution in [3.8, 4) is 5.75 Å². The summed E-state index contributed by atoms with van der Waals surface area (Å²) in [4.78, 5) is 31.5. The maximum Gasteiger partial charge on any atom is 0.232 e. The second-order valence-corrected chi connectivity index (χ2v) is 6.60. The Morgan fingerprint density at radius 1 is 1.41 bits per heavy atom. The number of nitrogens with one attached hydrogen (secondary N) is 2. The second kappa shape index (κ2) is 8.66. The number of hydrogen-bond acceptors (Lipinski definition) is 5. The highest BCUT2D eigenvalue weighted by Gasteiger charge is 2.41. The summed E-state index contributed by atoms with van der Waals surface area (Å²) in [5.74, 6) is 0.465. The number of anilines is 1. The van der Waals surface area contributed by atoms with Crippen LogP contribution in [0.4, 0.5) is 5.95 Å². The molecule has 1 fully saturated rings. The van der Waals surface area contributed by atoms with Crippen LogP contribution in [0, 0.1) is 5.92 Å². The smallest absolute Gasteiger partial charge is 0.232 e. The minimum atomic E-state index is -0.402. The van der Waals surface area contributed by atoms with Crippen molar-refractivity contribution >= 4 is 17.8 Å². The fraction of sp³-hybridized carbons (Fsp3) is 0.474. The number of carbonyl (C=O) groups excluding carboxylic acids is 2. The lowest BCUT2D eigenvalue weighted by molar-refractivity contribution is -0.142. The van der Waals surface area contributed by atoms with Crippen molar-refractivity contribution in [2.24, 2.45) is 5.92 Å². The lowest BCUT2D eigenvalue weighted by Gasteiger charge is -2.41. The van der Waals surface area contributed by atoms with Crippen LogP contribution in [0.3, 0.4) is 0 Å². The molecule has 1 aromatic heterocycles. The van der Waals surface area contributed by atoms with Gasteiger partial charge in [-0.05, 0) is 18.9 Å². The predicted molar refractivity (Wildman–Crippen MR) is 100 cm³/mol. The van der Waals surface area contributed by atoms with Crippen molar-refractivity contribution in [2.45, 2.75) is 38.6 Å². The van der Waals surface area contributed by atoms with Crippen molar-refractivity contribution in [1.82, 2.24) is 20.1 Å². The third-order valence-corrected chi connectivity index (χ3v) is 4.91. The molecule has 8 heteroatoms. The van der Waals surface area contributed by atoms with Gasteiger partial charge in [0.15, 0.2) is 0 Å². The van der Waals surface area contributed by atoms with Crippen molar-refractivity contribution in [1.29, 1.82) is 0 Å². The molecule has 2 N–H and O–H groups in total. The summed E-state index contributed by atoms with van der Waals surface area (Å²) in [6.45, 7) is 2.70. The Bertz CT molecular complexity index is 777. The number of carbonyl (C=O) groups is 2. The highest BCUT2D eigenvalue weighted by atomic mass is 16.5. The van der Waals surface area contributed by atoms with Gasteiger partial charge in [-0.1, -0.05) is 31.5 Å². The van der Waals surface area contributed by atoms with E-state index in [9.17, 15) is 9.59 Å². The van der Waals surface area contributed by atoms with Gasteiger partial charge >= 0.3 is 0 Å². The van der Waals surface area contributed by atoms with E-state index in [2.05, 4.69) is 27.4 Å². The van der Waals surface area contributed by atoms with Crippen molar-refractivity contribution in [3.63, 3.8) is 0 Å². The molecule has 0 bridgehead atoms. The molecule has 0 radical (unpaired) electrons. The predicted octanol–water partition coefficient (Wildman–Crippen LogP) is 2.53. The Morgan fingerprint density at radius 3 is 2.93 bits per heavy atom.